The summed E-state index contributed by atoms with van der Waals surface area (Å²) in [4.78, 5) is 27.8. The maximum Gasteiger partial charge on any atom is 0.258 e. The van der Waals surface area contributed by atoms with Gasteiger partial charge in [-0.15, -0.1) is 0 Å². The molecule has 1 saturated heterocycles. The van der Waals surface area contributed by atoms with E-state index in [4.69, 9.17) is 23.2 Å². The van der Waals surface area contributed by atoms with Gasteiger partial charge in [-0.3, -0.25) is 9.59 Å². The van der Waals surface area contributed by atoms with Crippen LogP contribution in [0.3, 0.4) is 0 Å². The zero-order valence-electron chi connectivity index (χ0n) is 17.7. The maximum absolute atomic E-state index is 13.3. The first-order chi connectivity index (χ1) is 15.4. The third kappa shape index (κ3) is 4.81. The highest BCUT2D eigenvalue weighted by molar-refractivity contribution is 6.33. The van der Waals surface area contributed by atoms with Gasteiger partial charge in [0.1, 0.15) is 5.15 Å². The molecule has 4 rings (SSSR count). The van der Waals surface area contributed by atoms with E-state index in [0.29, 0.717) is 35.9 Å². The first kappa shape index (κ1) is 22.4. The number of aromatic nitrogens is 2. The number of carbonyl (C=O) groups excluding carboxylic acids is 2. The Kier molecular flexibility index (Phi) is 6.82. The van der Waals surface area contributed by atoms with Crippen molar-refractivity contribution in [1.82, 2.24) is 14.7 Å². The van der Waals surface area contributed by atoms with Gasteiger partial charge < -0.3 is 10.2 Å². The van der Waals surface area contributed by atoms with Crippen LogP contribution in [0.2, 0.25) is 10.2 Å². The molecule has 2 amide bonds. The molecular formula is C24H24Cl2N4O2. The Balaban J connectivity index is 1.48. The minimum atomic E-state index is -0.273. The van der Waals surface area contributed by atoms with Crippen molar-refractivity contribution in [2.24, 2.45) is 5.92 Å². The Bertz CT molecular complexity index is 1130. The molecule has 1 atom stereocenters. The molecule has 0 saturated carbocycles. The van der Waals surface area contributed by atoms with E-state index in [0.717, 1.165) is 24.1 Å². The molecule has 2 aromatic carbocycles. The third-order valence-electron chi connectivity index (χ3n) is 5.68. The largest absolute Gasteiger partial charge is 0.338 e. The Morgan fingerprint density at radius 1 is 1.09 bits per heavy atom. The summed E-state index contributed by atoms with van der Waals surface area (Å²) < 4.78 is 1.59. The Morgan fingerprint density at radius 2 is 1.81 bits per heavy atom. The molecule has 1 aliphatic rings. The van der Waals surface area contributed by atoms with E-state index in [-0.39, 0.29) is 22.9 Å². The predicted molar refractivity (Wildman–Crippen MR) is 126 cm³/mol. The van der Waals surface area contributed by atoms with Gasteiger partial charge >= 0.3 is 0 Å². The SMILES string of the molecule is Cc1nn(Cc2ccccc2Cl)c(Cl)c1C(=O)N1CCCC(C(=O)Nc2ccccc2)C1. The van der Waals surface area contributed by atoms with E-state index in [9.17, 15) is 9.59 Å². The van der Waals surface area contributed by atoms with Gasteiger partial charge in [0, 0.05) is 23.8 Å². The van der Waals surface area contributed by atoms with E-state index >= 15 is 0 Å². The average molecular weight is 471 g/mol. The second-order valence-electron chi connectivity index (χ2n) is 7.95. The number of anilines is 1. The molecular weight excluding hydrogens is 447 g/mol. The van der Waals surface area contributed by atoms with Crippen molar-refractivity contribution in [1.29, 1.82) is 0 Å². The lowest BCUT2D eigenvalue weighted by molar-refractivity contribution is -0.121. The fourth-order valence-corrected chi connectivity index (χ4v) is 4.50. The first-order valence-corrected chi connectivity index (χ1v) is 11.3. The summed E-state index contributed by atoms with van der Waals surface area (Å²) in [5, 5.41) is 8.31. The monoisotopic (exact) mass is 470 g/mol. The van der Waals surface area contributed by atoms with Crippen LogP contribution in [0.4, 0.5) is 5.69 Å². The van der Waals surface area contributed by atoms with Crippen molar-refractivity contribution >= 4 is 40.7 Å². The Hall–Kier alpha value is -2.83. The van der Waals surface area contributed by atoms with E-state index in [1.54, 1.807) is 16.5 Å². The summed E-state index contributed by atoms with van der Waals surface area (Å²) in [6.07, 6.45) is 1.49. The molecule has 0 radical (unpaired) electrons. The minimum Gasteiger partial charge on any atom is -0.338 e. The summed E-state index contributed by atoms with van der Waals surface area (Å²) in [5.41, 5.74) is 2.56. The van der Waals surface area contributed by atoms with Crippen LogP contribution in [0.25, 0.3) is 0 Å². The number of nitrogens with one attached hydrogen (secondary N) is 1. The number of hydrogen-bond donors (Lipinski definition) is 1. The first-order valence-electron chi connectivity index (χ1n) is 10.6. The van der Waals surface area contributed by atoms with Crippen LogP contribution in [0.1, 0.15) is 34.5 Å². The number of para-hydroxylation sites is 1. The van der Waals surface area contributed by atoms with E-state index in [1.165, 1.54) is 0 Å². The molecule has 166 valence electrons. The standard InChI is InChI=1S/C24H24Cl2N4O2/c1-16-21(22(26)30(28-16)15-17-8-5-6-12-20(17)25)24(32)29-13-7-9-18(14-29)23(31)27-19-10-3-2-4-11-19/h2-6,8,10-12,18H,7,9,13-15H2,1H3,(H,27,31). The van der Waals surface area contributed by atoms with Crippen molar-refractivity contribution in [3.8, 4) is 0 Å². The second-order valence-corrected chi connectivity index (χ2v) is 8.71. The second kappa shape index (κ2) is 9.76. The number of rotatable bonds is 5. The molecule has 1 N–H and O–H groups in total. The lowest BCUT2D eigenvalue weighted by Crippen LogP contribution is -2.44. The summed E-state index contributed by atoms with van der Waals surface area (Å²) in [6, 6.07) is 16.8. The van der Waals surface area contributed by atoms with E-state index < -0.39 is 0 Å². The summed E-state index contributed by atoms with van der Waals surface area (Å²) in [5.74, 6) is -0.550. The van der Waals surface area contributed by atoms with Gasteiger partial charge in [0.15, 0.2) is 0 Å². The quantitative estimate of drug-likeness (QED) is 0.567. The highest BCUT2D eigenvalue weighted by Gasteiger charge is 2.32. The maximum atomic E-state index is 13.3. The lowest BCUT2D eigenvalue weighted by Gasteiger charge is -2.32. The van der Waals surface area contributed by atoms with Gasteiger partial charge in [-0.1, -0.05) is 59.6 Å². The zero-order chi connectivity index (χ0) is 22.7. The molecule has 0 bridgehead atoms. The molecule has 0 spiro atoms. The highest BCUT2D eigenvalue weighted by Crippen LogP contribution is 2.27. The van der Waals surface area contributed by atoms with Crippen molar-refractivity contribution < 1.29 is 9.59 Å². The number of carbonyl (C=O) groups is 2. The molecule has 1 aromatic heterocycles. The van der Waals surface area contributed by atoms with Crippen molar-refractivity contribution in [2.45, 2.75) is 26.3 Å². The summed E-state index contributed by atoms with van der Waals surface area (Å²) in [7, 11) is 0. The molecule has 0 aliphatic carbocycles. The van der Waals surface area contributed by atoms with Crippen LogP contribution in [0, 0.1) is 12.8 Å². The predicted octanol–water partition coefficient (Wildman–Crippen LogP) is 5.04. The number of aryl methyl sites for hydroxylation is 1. The molecule has 2 heterocycles. The van der Waals surface area contributed by atoms with Crippen LogP contribution in [0.15, 0.2) is 54.6 Å². The fraction of sp³-hybridized carbons (Fsp3) is 0.292. The molecule has 1 fully saturated rings. The molecule has 1 unspecified atom stereocenters. The number of benzene rings is 2. The Labute approximate surface area is 197 Å². The summed E-state index contributed by atoms with van der Waals surface area (Å²) in [6.45, 7) is 3.07. The van der Waals surface area contributed by atoms with Gasteiger partial charge in [-0.2, -0.15) is 5.10 Å². The van der Waals surface area contributed by atoms with Crippen LogP contribution >= 0.6 is 23.2 Å². The van der Waals surface area contributed by atoms with Gasteiger partial charge in [0.2, 0.25) is 5.91 Å². The fourth-order valence-electron chi connectivity index (χ4n) is 3.99. The topological polar surface area (TPSA) is 67.2 Å². The van der Waals surface area contributed by atoms with E-state index in [1.807, 2.05) is 54.6 Å². The molecule has 3 aromatic rings. The number of piperidine rings is 1. The molecule has 32 heavy (non-hydrogen) atoms. The summed E-state index contributed by atoms with van der Waals surface area (Å²) >= 11 is 12.8. The number of hydrogen-bond acceptors (Lipinski definition) is 3. The van der Waals surface area contributed by atoms with Gasteiger partial charge in [-0.05, 0) is 43.5 Å². The van der Waals surface area contributed by atoms with Gasteiger partial charge in [-0.25, -0.2) is 4.68 Å². The van der Waals surface area contributed by atoms with E-state index in [2.05, 4.69) is 10.4 Å². The van der Waals surface area contributed by atoms with Crippen molar-refractivity contribution in [3.63, 3.8) is 0 Å². The number of amides is 2. The molecule has 1 aliphatic heterocycles. The van der Waals surface area contributed by atoms with Gasteiger partial charge in [0.05, 0.1) is 23.7 Å². The van der Waals surface area contributed by atoms with Crippen LogP contribution in [0.5, 0.6) is 0 Å². The van der Waals surface area contributed by atoms with Crippen LogP contribution < -0.4 is 5.32 Å². The third-order valence-corrected chi connectivity index (χ3v) is 6.43. The van der Waals surface area contributed by atoms with Crippen molar-refractivity contribution in [2.75, 3.05) is 18.4 Å². The molecule has 8 heteroatoms. The minimum absolute atomic E-state index is 0.0778. The van der Waals surface area contributed by atoms with Gasteiger partial charge in [0.25, 0.3) is 5.91 Å². The van der Waals surface area contributed by atoms with Crippen molar-refractivity contribution in [3.05, 3.63) is 81.6 Å². The smallest absolute Gasteiger partial charge is 0.258 e. The normalized spacial score (nSPS) is 16.1. The van der Waals surface area contributed by atoms with Crippen LogP contribution in [-0.4, -0.2) is 39.6 Å². The number of nitrogens with zero attached hydrogens (tertiary/aromatic N) is 3. The number of likely N-dealkylation sites (tertiary alicyclic amines) is 1. The zero-order valence-corrected chi connectivity index (χ0v) is 19.2. The highest BCUT2D eigenvalue weighted by atomic mass is 35.5. The number of halogens is 2. The molecule has 6 nitrogen and oxygen atoms in total. The Morgan fingerprint density at radius 3 is 2.56 bits per heavy atom. The average Bonchev–Trinajstić information content (AvgIpc) is 3.08. The lowest BCUT2D eigenvalue weighted by atomic mass is 9.96. The van der Waals surface area contributed by atoms with Crippen LogP contribution in [-0.2, 0) is 11.3 Å².